The fourth-order valence-electron chi connectivity index (χ4n) is 1.53. The smallest absolute Gasteiger partial charge is 0.123 e. The van der Waals surface area contributed by atoms with Crippen molar-refractivity contribution in [1.29, 1.82) is 0 Å². The molecule has 1 atom stereocenters. The molecular formula is C10H13Cl2NO. The molecule has 0 amide bonds. The second-order valence-electron chi connectivity index (χ2n) is 3.18. The minimum Gasteiger partial charge on any atom is -0.496 e. The van der Waals surface area contributed by atoms with Gasteiger partial charge in [0.15, 0.2) is 0 Å². The van der Waals surface area contributed by atoms with Crippen molar-refractivity contribution in [3.63, 3.8) is 0 Å². The molecule has 0 spiro atoms. The van der Waals surface area contributed by atoms with E-state index in [0.29, 0.717) is 6.04 Å². The first kappa shape index (κ1) is 11.6. The first-order valence-corrected chi connectivity index (χ1v) is 4.76. The SMILES string of the molecule is COc1ccc(Cl)cc1[C@@H]1CCN1.Cl. The van der Waals surface area contributed by atoms with Crippen LogP contribution < -0.4 is 10.1 Å². The van der Waals surface area contributed by atoms with Crippen molar-refractivity contribution < 1.29 is 4.74 Å². The van der Waals surface area contributed by atoms with Gasteiger partial charge in [-0.1, -0.05) is 11.6 Å². The topological polar surface area (TPSA) is 21.3 Å². The molecule has 1 aromatic rings. The fourth-order valence-corrected chi connectivity index (χ4v) is 1.71. The van der Waals surface area contributed by atoms with Crippen LogP contribution in [-0.4, -0.2) is 13.7 Å². The van der Waals surface area contributed by atoms with Gasteiger partial charge in [0.2, 0.25) is 0 Å². The lowest BCUT2D eigenvalue weighted by atomic mass is 9.97. The fraction of sp³-hybridized carbons (Fsp3) is 0.400. The number of ether oxygens (including phenoxy) is 1. The monoisotopic (exact) mass is 233 g/mol. The number of benzene rings is 1. The van der Waals surface area contributed by atoms with Crippen LogP contribution in [0.25, 0.3) is 0 Å². The van der Waals surface area contributed by atoms with Gasteiger partial charge in [0.1, 0.15) is 5.75 Å². The zero-order valence-corrected chi connectivity index (χ0v) is 9.49. The maximum absolute atomic E-state index is 5.92. The number of methoxy groups -OCH3 is 1. The highest BCUT2D eigenvalue weighted by Gasteiger charge is 2.21. The second kappa shape index (κ2) is 4.87. The van der Waals surface area contributed by atoms with E-state index in [1.54, 1.807) is 7.11 Å². The molecule has 2 rings (SSSR count). The molecule has 0 aliphatic carbocycles. The molecule has 0 bridgehead atoms. The van der Waals surface area contributed by atoms with Crippen molar-refractivity contribution in [2.24, 2.45) is 0 Å². The van der Waals surface area contributed by atoms with Gasteiger partial charge in [0.05, 0.1) is 7.11 Å². The van der Waals surface area contributed by atoms with Gasteiger partial charge in [0, 0.05) is 16.6 Å². The molecule has 1 saturated heterocycles. The highest BCUT2D eigenvalue weighted by atomic mass is 35.5. The van der Waals surface area contributed by atoms with Gasteiger partial charge in [-0.2, -0.15) is 0 Å². The molecule has 0 unspecified atom stereocenters. The summed E-state index contributed by atoms with van der Waals surface area (Å²) in [5.74, 6) is 0.918. The third-order valence-corrected chi connectivity index (χ3v) is 2.63. The molecule has 1 N–H and O–H groups in total. The summed E-state index contributed by atoms with van der Waals surface area (Å²) in [6.07, 6.45) is 1.16. The van der Waals surface area contributed by atoms with E-state index in [4.69, 9.17) is 16.3 Å². The van der Waals surface area contributed by atoms with Crippen molar-refractivity contribution in [3.8, 4) is 5.75 Å². The lowest BCUT2D eigenvalue weighted by Crippen LogP contribution is -2.35. The largest absolute Gasteiger partial charge is 0.496 e. The van der Waals surface area contributed by atoms with Crippen molar-refractivity contribution in [2.75, 3.05) is 13.7 Å². The van der Waals surface area contributed by atoms with Crippen LogP contribution >= 0.6 is 24.0 Å². The molecule has 1 fully saturated rings. The number of halogens is 2. The molecule has 1 aliphatic rings. The first-order chi connectivity index (χ1) is 6.31. The minimum atomic E-state index is 0. The Bertz CT molecular complexity index is 313. The van der Waals surface area contributed by atoms with Crippen molar-refractivity contribution >= 4 is 24.0 Å². The maximum atomic E-state index is 5.92. The standard InChI is InChI=1S/C10H12ClNO.ClH/c1-13-10-3-2-7(11)6-8(10)9-4-5-12-9;/h2-3,6,9,12H,4-5H2,1H3;1H/t9-;/m0./s1. The Hall–Kier alpha value is -0.440. The van der Waals surface area contributed by atoms with Gasteiger partial charge in [-0.25, -0.2) is 0 Å². The van der Waals surface area contributed by atoms with E-state index in [-0.39, 0.29) is 12.4 Å². The number of nitrogens with one attached hydrogen (secondary N) is 1. The van der Waals surface area contributed by atoms with E-state index in [0.717, 1.165) is 23.7 Å². The van der Waals surface area contributed by atoms with Gasteiger partial charge >= 0.3 is 0 Å². The van der Waals surface area contributed by atoms with Crippen LogP contribution in [0.1, 0.15) is 18.0 Å². The van der Waals surface area contributed by atoms with Crippen molar-refractivity contribution in [2.45, 2.75) is 12.5 Å². The molecule has 1 aromatic carbocycles. The van der Waals surface area contributed by atoms with Crippen LogP contribution in [-0.2, 0) is 0 Å². The summed E-state index contributed by atoms with van der Waals surface area (Å²) < 4.78 is 5.26. The van der Waals surface area contributed by atoms with Crippen LogP contribution in [0.2, 0.25) is 5.02 Å². The molecular weight excluding hydrogens is 221 g/mol. The Morgan fingerprint density at radius 3 is 2.71 bits per heavy atom. The van der Waals surface area contributed by atoms with Gasteiger partial charge in [-0.15, -0.1) is 12.4 Å². The highest BCUT2D eigenvalue weighted by molar-refractivity contribution is 6.30. The Morgan fingerprint density at radius 1 is 1.50 bits per heavy atom. The van der Waals surface area contributed by atoms with E-state index in [9.17, 15) is 0 Å². The second-order valence-corrected chi connectivity index (χ2v) is 3.62. The number of hydrogen-bond acceptors (Lipinski definition) is 2. The summed E-state index contributed by atoms with van der Waals surface area (Å²) >= 11 is 5.92. The Morgan fingerprint density at radius 2 is 2.21 bits per heavy atom. The highest BCUT2D eigenvalue weighted by Crippen LogP contribution is 2.32. The average Bonchev–Trinajstić information content (AvgIpc) is 2.02. The number of hydrogen-bond donors (Lipinski definition) is 1. The zero-order chi connectivity index (χ0) is 9.26. The Balaban J connectivity index is 0.000000980. The van der Waals surface area contributed by atoms with Crippen molar-refractivity contribution in [3.05, 3.63) is 28.8 Å². The summed E-state index contributed by atoms with van der Waals surface area (Å²) in [5, 5.41) is 4.09. The van der Waals surface area contributed by atoms with Gasteiger partial charge in [-0.05, 0) is 31.2 Å². The maximum Gasteiger partial charge on any atom is 0.123 e. The van der Waals surface area contributed by atoms with E-state index in [1.807, 2.05) is 18.2 Å². The predicted octanol–water partition coefficient (Wildman–Crippen LogP) is 2.80. The van der Waals surface area contributed by atoms with E-state index >= 15 is 0 Å². The first-order valence-electron chi connectivity index (χ1n) is 4.38. The van der Waals surface area contributed by atoms with E-state index < -0.39 is 0 Å². The molecule has 0 radical (unpaired) electrons. The van der Waals surface area contributed by atoms with E-state index in [2.05, 4.69) is 5.32 Å². The quantitative estimate of drug-likeness (QED) is 0.849. The molecule has 4 heteroatoms. The molecule has 0 aromatic heterocycles. The predicted molar refractivity (Wildman–Crippen MR) is 60.6 cm³/mol. The van der Waals surface area contributed by atoms with Crippen LogP contribution in [0.15, 0.2) is 18.2 Å². The van der Waals surface area contributed by atoms with Gasteiger partial charge in [0.25, 0.3) is 0 Å². The molecule has 78 valence electrons. The average molecular weight is 234 g/mol. The van der Waals surface area contributed by atoms with E-state index in [1.165, 1.54) is 5.56 Å². The molecule has 14 heavy (non-hydrogen) atoms. The molecule has 1 aliphatic heterocycles. The lowest BCUT2D eigenvalue weighted by Gasteiger charge is -2.29. The summed E-state index contributed by atoms with van der Waals surface area (Å²) in [6, 6.07) is 6.16. The van der Waals surface area contributed by atoms with Gasteiger partial charge in [-0.3, -0.25) is 0 Å². The van der Waals surface area contributed by atoms with Crippen LogP contribution in [0.3, 0.4) is 0 Å². The summed E-state index contributed by atoms with van der Waals surface area (Å²) in [6.45, 7) is 1.08. The summed E-state index contributed by atoms with van der Waals surface area (Å²) in [7, 11) is 1.69. The number of rotatable bonds is 2. The Kier molecular flexibility index (Phi) is 4.05. The lowest BCUT2D eigenvalue weighted by molar-refractivity contribution is 0.353. The summed E-state index contributed by atoms with van der Waals surface area (Å²) in [4.78, 5) is 0. The van der Waals surface area contributed by atoms with Crippen molar-refractivity contribution in [1.82, 2.24) is 5.32 Å². The normalized spacial score (nSPS) is 19.4. The zero-order valence-electron chi connectivity index (χ0n) is 7.92. The van der Waals surface area contributed by atoms with Gasteiger partial charge < -0.3 is 10.1 Å². The van der Waals surface area contributed by atoms with Crippen LogP contribution in [0, 0.1) is 0 Å². The third kappa shape index (κ3) is 2.14. The minimum absolute atomic E-state index is 0. The summed E-state index contributed by atoms with van der Waals surface area (Å²) in [5.41, 5.74) is 1.17. The molecule has 0 saturated carbocycles. The molecule has 1 heterocycles. The third-order valence-electron chi connectivity index (χ3n) is 2.39. The van der Waals surface area contributed by atoms with Crippen LogP contribution in [0.4, 0.5) is 0 Å². The Labute approximate surface area is 95.0 Å². The molecule has 2 nitrogen and oxygen atoms in total. The van der Waals surface area contributed by atoms with Crippen LogP contribution in [0.5, 0.6) is 5.75 Å².